The number of aliphatic carboxylic acids is 1. The van der Waals surface area contributed by atoms with Crippen LogP contribution in [-0.4, -0.2) is 54.2 Å². The first-order valence-corrected chi connectivity index (χ1v) is 6.85. The number of piperidine rings is 1. The van der Waals surface area contributed by atoms with Crippen molar-refractivity contribution in [2.45, 2.75) is 18.9 Å². The maximum Gasteiger partial charge on any atom is 0.328 e. The maximum absolute atomic E-state index is 10.7. The van der Waals surface area contributed by atoms with Crippen molar-refractivity contribution >= 4 is 17.9 Å². The van der Waals surface area contributed by atoms with Gasteiger partial charge in [0.1, 0.15) is 5.82 Å². The Labute approximate surface area is 119 Å². The summed E-state index contributed by atoms with van der Waals surface area (Å²) in [7, 11) is 4.16. The van der Waals surface area contributed by atoms with E-state index in [9.17, 15) is 4.79 Å². The van der Waals surface area contributed by atoms with E-state index in [2.05, 4.69) is 21.8 Å². The molecule has 108 valence electrons. The van der Waals surface area contributed by atoms with Crippen molar-refractivity contribution in [2.75, 3.05) is 32.1 Å². The molecule has 2 heterocycles. The molecule has 1 aromatic rings. The Balaban J connectivity index is 2.20. The predicted octanol–water partition coefficient (Wildman–Crippen LogP) is 1.71. The lowest BCUT2D eigenvalue weighted by atomic mass is 10.0. The molecule has 0 saturated carbocycles. The minimum Gasteiger partial charge on any atom is -0.478 e. The summed E-state index contributed by atoms with van der Waals surface area (Å²) in [4.78, 5) is 19.6. The van der Waals surface area contributed by atoms with Gasteiger partial charge in [-0.25, -0.2) is 9.78 Å². The molecule has 0 aromatic carbocycles. The Morgan fingerprint density at radius 3 is 3.10 bits per heavy atom. The summed E-state index contributed by atoms with van der Waals surface area (Å²) in [5, 5.41) is 8.76. The van der Waals surface area contributed by atoms with E-state index in [-0.39, 0.29) is 0 Å². The van der Waals surface area contributed by atoms with E-state index >= 15 is 0 Å². The fourth-order valence-electron chi connectivity index (χ4n) is 2.62. The third kappa shape index (κ3) is 3.57. The van der Waals surface area contributed by atoms with Crippen molar-refractivity contribution in [3.8, 4) is 0 Å². The molecule has 1 saturated heterocycles. The van der Waals surface area contributed by atoms with Gasteiger partial charge in [0.2, 0.25) is 0 Å². The summed E-state index contributed by atoms with van der Waals surface area (Å²) in [6.45, 7) is 2.15. The van der Waals surface area contributed by atoms with Gasteiger partial charge in [0.15, 0.2) is 0 Å². The SMILES string of the molecule is CN1CCCC(N(C)c2ncccc2/C=C/C(=O)O)C1. The van der Waals surface area contributed by atoms with Crippen molar-refractivity contribution in [3.05, 3.63) is 30.0 Å². The number of rotatable bonds is 4. The second-order valence-corrected chi connectivity index (χ2v) is 5.26. The topological polar surface area (TPSA) is 56.7 Å². The van der Waals surface area contributed by atoms with Crippen molar-refractivity contribution in [3.63, 3.8) is 0 Å². The van der Waals surface area contributed by atoms with E-state index in [1.807, 2.05) is 19.2 Å². The summed E-state index contributed by atoms with van der Waals surface area (Å²) in [6.07, 6.45) is 6.82. The number of aromatic nitrogens is 1. The molecule has 1 unspecified atom stereocenters. The molecule has 0 aliphatic carbocycles. The highest BCUT2D eigenvalue weighted by Crippen LogP contribution is 2.23. The number of anilines is 1. The van der Waals surface area contributed by atoms with Crippen LogP contribution in [-0.2, 0) is 4.79 Å². The van der Waals surface area contributed by atoms with E-state index in [0.717, 1.165) is 37.0 Å². The Hall–Kier alpha value is -1.88. The summed E-state index contributed by atoms with van der Waals surface area (Å²) in [5.41, 5.74) is 0.839. The van der Waals surface area contributed by atoms with Crippen LogP contribution < -0.4 is 4.90 Å². The van der Waals surface area contributed by atoms with E-state index in [1.165, 1.54) is 6.42 Å². The zero-order chi connectivity index (χ0) is 14.5. The van der Waals surface area contributed by atoms with Crippen LogP contribution in [0.5, 0.6) is 0 Å². The van der Waals surface area contributed by atoms with Crippen LogP contribution in [0.3, 0.4) is 0 Å². The minimum absolute atomic E-state index is 0.417. The van der Waals surface area contributed by atoms with Gasteiger partial charge in [-0.05, 0) is 44.6 Å². The van der Waals surface area contributed by atoms with Crippen LogP contribution in [0.15, 0.2) is 24.4 Å². The number of carboxylic acids is 1. The summed E-state index contributed by atoms with van der Waals surface area (Å²) >= 11 is 0. The fraction of sp³-hybridized carbons (Fsp3) is 0.467. The molecule has 1 atom stereocenters. The van der Waals surface area contributed by atoms with Crippen LogP contribution in [0.25, 0.3) is 6.08 Å². The number of pyridine rings is 1. The zero-order valence-electron chi connectivity index (χ0n) is 12.0. The van der Waals surface area contributed by atoms with Gasteiger partial charge in [-0.3, -0.25) is 0 Å². The Morgan fingerprint density at radius 2 is 2.40 bits per heavy atom. The molecule has 0 spiro atoms. The average Bonchev–Trinajstić information content (AvgIpc) is 2.44. The number of carbonyl (C=O) groups is 1. The van der Waals surface area contributed by atoms with Gasteiger partial charge < -0.3 is 14.9 Å². The second kappa shape index (κ2) is 6.52. The molecular weight excluding hydrogens is 254 g/mol. The lowest BCUT2D eigenvalue weighted by molar-refractivity contribution is -0.131. The smallest absolute Gasteiger partial charge is 0.328 e. The van der Waals surface area contributed by atoms with Crippen molar-refractivity contribution in [1.29, 1.82) is 0 Å². The molecule has 2 rings (SSSR count). The Bertz CT molecular complexity index is 502. The van der Waals surface area contributed by atoms with E-state index < -0.39 is 5.97 Å². The third-order valence-electron chi connectivity index (χ3n) is 3.70. The molecule has 0 radical (unpaired) electrons. The summed E-state index contributed by atoms with van der Waals surface area (Å²) in [6, 6.07) is 4.14. The Morgan fingerprint density at radius 1 is 1.60 bits per heavy atom. The molecule has 1 N–H and O–H groups in total. The molecule has 1 aliphatic heterocycles. The highest BCUT2D eigenvalue weighted by atomic mass is 16.4. The van der Waals surface area contributed by atoms with Gasteiger partial charge in [-0.1, -0.05) is 0 Å². The molecule has 0 bridgehead atoms. The van der Waals surface area contributed by atoms with Gasteiger partial charge in [0, 0.05) is 37.5 Å². The van der Waals surface area contributed by atoms with Crippen LogP contribution in [0.2, 0.25) is 0 Å². The van der Waals surface area contributed by atoms with Gasteiger partial charge in [0.25, 0.3) is 0 Å². The normalized spacial score (nSPS) is 20.2. The largest absolute Gasteiger partial charge is 0.478 e. The number of carboxylic acid groups (broad SMARTS) is 1. The highest BCUT2D eigenvalue weighted by molar-refractivity contribution is 5.86. The van der Waals surface area contributed by atoms with Crippen LogP contribution >= 0.6 is 0 Å². The summed E-state index contributed by atoms with van der Waals surface area (Å²) in [5.74, 6) is -0.106. The fourth-order valence-corrected chi connectivity index (χ4v) is 2.62. The van der Waals surface area contributed by atoms with Crippen molar-refractivity contribution in [2.24, 2.45) is 0 Å². The van der Waals surface area contributed by atoms with Crippen LogP contribution in [0, 0.1) is 0 Å². The predicted molar refractivity (Wildman–Crippen MR) is 79.8 cm³/mol. The molecular formula is C15H21N3O2. The first-order valence-electron chi connectivity index (χ1n) is 6.85. The maximum atomic E-state index is 10.7. The molecule has 5 nitrogen and oxygen atoms in total. The van der Waals surface area contributed by atoms with E-state index in [0.29, 0.717) is 6.04 Å². The summed E-state index contributed by atoms with van der Waals surface area (Å²) < 4.78 is 0. The second-order valence-electron chi connectivity index (χ2n) is 5.26. The molecule has 1 fully saturated rings. The standard InChI is InChI=1S/C15H21N3O2/c1-17-10-4-6-13(11-17)18(2)15-12(5-3-9-16-15)7-8-14(19)20/h3,5,7-9,13H,4,6,10-11H2,1-2H3,(H,19,20)/b8-7+. The van der Waals surface area contributed by atoms with Crippen LogP contribution in [0.1, 0.15) is 18.4 Å². The number of hydrogen-bond donors (Lipinski definition) is 1. The van der Waals surface area contributed by atoms with Gasteiger partial charge in [-0.15, -0.1) is 0 Å². The lowest BCUT2D eigenvalue weighted by Crippen LogP contribution is -2.45. The van der Waals surface area contributed by atoms with Crippen LogP contribution in [0.4, 0.5) is 5.82 Å². The average molecular weight is 275 g/mol. The van der Waals surface area contributed by atoms with Gasteiger partial charge in [0.05, 0.1) is 0 Å². The molecule has 1 aliphatic rings. The molecule has 1 aromatic heterocycles. The Kier molecular flexibility index (Phi) is 4.74. The lowest BCUT2D eigenvalue weighted by Gasteiger charge is -2.37. The number of likely N-dealkylation sites (N-methyl/N-ethyl adjacent to an activating group) is 2. The third-order valence-corrected chi connectivity index (χ3v) is 3.70. The number of hydrogen-bond acceptors (Lipinski definition) is 4. The first kappa shape index (κ1) is 14.5. The van der Waals surface area contributed by atoms with E-state index in [1.54, 1.807) is 12.3 Å². The zero-order valence-corrected chi connectivity index (χ0v) is 12.0. The first-order chi connectivity index (χ1) is 9.58. The number of nitrogens with zero attached hydrogens (tertiary/aromatic N) is 3. The quantitative estimate of drug-likeness (QED) is 0.848. The van der Waals surface area contributed by atoms with Gasteiger partial charge >= 0.3 is 5.97 Å². The van der Waals surface area contributed by atoms with Crippen molar-refractivity contribution < 1.29 is 9.90 Å². The van der Waals surface area contributed by atoms with Crippen molar-refractivity contribution in [1.82, 2.24) is 9.88 Å². The highest BCUT2D eigenvalue weighted by Gasteiger charge is 2.22. The molecule has 0 amide bonds. The van der Waals surface area contributed by atoms with Gasteiger partial charge in [-0.2, -0.15) is 0 Å². The molecule has 20 heavy (non-hydrogen) atoms. The monoisotopic (exact) mass is 275 g/mol. The van der Waals surface area contributed by atoms with E-state index in [4.69, 9.17) is 5.11 Å². The molecule has 5 heteroatoms. The number of likely N-dealkylation sites (tertiary alicyclic amines) is 1. The minimum atomic E-state index is -0.945.